The Labute approximate surface area is 327 Å². The molecule has 6 fully saturated rings. The fraction of sp³-hybridized carbons (Fsp3) is 0.952. The smallest absolute Gasteiger partial charge is 0.187 e. The van der Waals surface area contributed by atoms with E-state index in [2.05, 4.69) is 34.6 Å². The maximum absolute atomic E-state index is 12.4. The van der Waals surface area contributed by atoms with Crippen LogP contribution in [0.15, 0.2) is 11.6 Å². The van der Waals surface area contributed by atoms with Crippen LogP contribution in [0.1, 0.15) is 113 Å². The Bertz CT molecular complexity index is 1380. The van der Waals surface area contributed by atoms with Gasteiger partial charge in [0.15, 0.2) is 12.6 Å². The third-order valence-electron chi connectivity index (χ3n) is 16.9. The molecule has 0 amide bonds. The molecule has 0 aromatic rings. The minimum Gasteiger partial charge on any atom is -0.394 e. The monoisotopic (exact) mass is 784 g/mol. The minimum atomic E-state index is -1.68. The van der Waals surface area contributed by atoms with Crippen LogP contribution in [0.2, 0.25) is 0 Å². The van der Waals surface area contributed by atoms with Gasteiger partial charge < -0.3 is 64.9 Å². The van der Waals surface area contributed by atoms with Gasteiger partial charge in [-0.15, -0.1) is 0 Å². The minimum absolute atomic E-state index is 0.0428. The molecule has 10 unspecified atom stereocenters. The highest BCUT2D eigenvalue weighted by Crippen LogP contribution is 2.76. The zero-order valence-corrected chi connectivity index (χ0v) is 34.3. The van der Waals surface area contributed by atoms with Crippen molar-refractivity contribution in [1.29, 1.82) is 0 Å². The molecule has 9 N–H and O–H groups in total. The molecule has 2 heterocycles. The van der Waals surface area contributed by atoms with Gasteiger partial charge in [0, 0.05) is 5.41 Å². The first-order valence-corrected chi connectivity index (χ1v) is 20.9. The molecule has 0 aromatic carbocycles. The molecule has 0 spiro atoms. The average molecular weight is 785 g/mol. The lowest BCUT2D eigenvalue weighted by Gasteiger charge is -2.71. The number of hydrogen-bond acceptors (Lipinski definition) is 13. The fourth-order valence-corrected chi connectivity index (χ4v) is 13.3. The number of aliphatic hydroxyl groups excluding tert-OH is 9. The van der Waals surface area contributed by atoms with E-state index in [1.54, 1.807) is 0 Å². The molecule has 0 bridgehead atoms. The van der Waals surface area contributed by atoms with Gasteiger partial charge in [0.25, 0.3) is 0 Å². The molecular weight excluding hydrogens is 712 g/mol. The number of fused-ring (bicyclic) bond motifs is 5. The molecule has 6 rings (SSSR count). The summed E-state index contributed by atoms with van der Waals surface area (Å²) in [7, 11) is 0. The number of ether oxygens (including phenoxy) is 4. The molecule has 13 heteroatoms. The Morgan fingerprint density at radius 3 is 2.13 bits per heavy atom. The molecule has 0 radical (unpaired) electrons. The Morgan fingerprint density at radius 2 is 1.47 bits per heavy atom. The van der Waals surface area contributed by atoms with E-state index in [4.69, 9.17) is 18.9 Å². The zero-order valence-electron chi connectivity index (χ0n) is 34.3. The third kappa shape index (κ3) is 7.00. The van der Waals surface area contributed by atoms with Crippen LogP contribution < -0.4 is 0 Å². The number of allylic oxidation sites excluding steroid dienone is 1. The lowest BCUT2D eigenvalue weighted by Crippen LogP contribution is -2.69. The Balaban J connectivity index is 1.34. The van der Waals surface area contributed by atoms with Gasteiger partial charge in [0.05, 0.1) is 37.1 Å². The van der Waals surface area contributed by atoms with Crippen molar-refractivity contribution in [3.63, 3.8) is 0 Å². The van der Waals surface area contributed by atoms with E-state index in [0.717, 1.165) is 44.1 Å². The molecule has 318 valence electrons. The summed E-state index contributed by atoms with van der Waals surface area (Å²) in [6.45, 7) is 16.1. The van der Waals surface area contributed by atoms with Crippen molar-refractivity contribution in [2.75, 3.05) is 13.2 Å². The summed E-state index contributed by atoms with van der Waals surface area (Å²) in [5, 5.41) is 97.6. The number of hydrogen-bond donors (Lipinski definition) is 9. The van der Waals surface area contributed by atoms with Crippen LogP contribution >= 0.6 is 0 Å². The SMILES string of the molecule is C/C(=C/CC[C@](C)(OC1OC(CO)C(O)C(O)C1OC1OC(C)C(O)C(O)C1O)[C@H]1CC[C@]2(C)[C@@H]1CC[C@@H]1[C@@]3(C)CC[C@H](O)C(C)(C)[C@@H]3C[C@H](O)[C@]12C)CO. The Hall–Kier alpha value is -0.780. The molecule has 0 aromatic heterocycles. The van der Waals surface area contributed by atoms with Crippen molar-refractivity contribution in [3.05, 3.63) is 11.6 Å². The van der Waals surface area contributed by atoms with Crippen LogP contribution in [0, 0.1) is 45.3 Å². The van der Waals surface area contributed by atoms with Crippen molar-refractivity contribution < 1.29 is 64.9 Å². The Morgan fingerprint density at radius 1 is 0.782 bits per heavy atom. The summed E-state index contributed by atoms with van der Waals surface area (Å²) in [6.07, 6.45) is -6.42. The first-order valence-electron chi connectivity index (χ1n) is 20.9. The summed E-state index contributed by atoms with van der Waals surface area (Å²) in [5.41, 5.74) is -1.16. The van der Waals surface area contributed by atoms with Gasteiger partial charge in [-0.2, -0.15) is 0 Å². The van der Waals surface area contributed by atoms with Crippen LogP contribution in [0.25, 0.3) is 0 Å². The van der Waals surface area contributed by atoms with Gasteiger partial charge in [-0.1, -0.05) is 46.3 Å². The van der Waals surface area contributed by atoms with Crippen molar-refractivity contribution >= 4 is 0 Å². The molecule has 2 aliphatic heterocycles. The van der Waals surface area contributed by atoms with Crippen LogP contribution in [0.5, 0.6) is 0 Å². The van der Waals surface area contributed by atoms with E-state index in [1.165, 1.54) is 6.92 Å². The van der Waals surface area contributed by atoms with Crippen LogP contribution in [-0.2, 0) is 18.9 Å². The highest BCUT2D eigenvalue weighted by Gasteiger charge is 2.72. The normalized spacial score (nSPS) is 52.5. The maximum Gasteiger partial charge on any atom is 0.187 e. The zero-order chi connectivity index (χ0) is 40.6. The van der Waals surface area contributed by atoms with Gasteiger partial charge in [0.1, 0.15) is 42.7 Å². The van der Waals surface area contributed by atoms with Gasteiger partial charge in [-0.25, -0.2) is 0 Å². The standard InChI is InChI=1S/C42H72O13/c1-21(19-43)10-9-15-41(7,55-37-35(33(50)31(48)25(20-44)53-37)54-36-34(51)32(49)30(47)22(2)52-36)24-13-17-40(6)23(24)11-12-26-39(5)16-14-28(45)38(3,4)27(39)18-29(46)42(26,40)8/h10,22-37,43-51H,9,11-20H2,1-8H3/b21-10-/t22?,23-,24+,25?,26-,27+,28+,29+,30?,31?,32?,33?,34?,35?,36?,37?,39-,40-,41+,42+/m1/s1. The molecule has 6 aliphatic rings. The van der Waals surface area contributed by atoms with Crippen molar-refractivity contribution in [2.24, 2.45) is 45.3 Å². The lowest BCUT2D eigenvalue weighted by molar-refractivity contribution is -0.379. The molecule has 55 heavy (non-hydrogen) atoms. The number of aliphatic hydroxyl groups is 9. The van der Waals surface area contributed by atoms with Gasteiger partial charge >= 0.3 is 0 Å². The average Bonchev–Trinajstić information content (AvgIpc) is 3.51. The van der Waals surface area contributed by atoms with E-state index >= 15 is 0 Å². The van der Waals surface area contributed by atoms with Crippen molar-refractivity contribution in [3.8, 4) is 0 Å². The highest BCUT2D eigenvalue weighted by molar-refractivity contribution is 5.21. The van der Waals surface area contributed by atoms with E-state index < -0.39 is 91.2 Å². The predicted molar refractivity (Wildman–Crippen MR) is 201 cm³/mol. The van der Waals surface area contributed by atoms with Crippen molar-refractivity contribution in [2.45, 2.75) is 192 Å². The quantitative estimate of drug-likeness (QED) is 0.145. The summed E-state index contributed by atoms with van der Waals surface area (Å²) in [4.78, 5) is 0. The number of rotatable bonds is 10. The second-order valence-corrected chi connectivity index (χ2v) is 19.9. The van der Waals surface area contributed by atoms with E-state index in [-0.39, 0.29) is 46.5 Å². The predicted octanol–water partition coefficient (Wildman–Crippen LogP) is 2.15. The molecule has 2 saturated heterocycles. The van der Waals surface area contributed by atoms with E-state index in [9.17, 15) is 46.0 Å². The lowest BCUT2D eigenvalue weighted by atomic mass is 9.34. The highest BCUT2D eigenvalue weighted by atomic mass is 16.8. The van der Waals surface area contributed by atoms with E-state index in [0.29, 0.717) is 19.3 Å². The fourth-order valence-electron chi connectivity index (χ4n) is 13.3. The summed E-state index contributed by atoms with van der Waals surface area (Å²) in [6, 6.07) is 0. The molecule has 20 atom stereocenters. The van der Waals surface area contributed by atoms with Crippen LogP contribution in [-0.4, -0.2) is 138 Å². The van der Waals surface area contributed by atoms with Crippen LogP contribution in [0.4, 0.5) is 0 Å². The van der Waals surface area contributed by atoms with Gasteiger partial charge in [-0.3, -0.25) is 0 Å². The first kappa shape index (κ1) is 43.8. The Kier molecular flexibility index (Phi) is 12.5. The third-order valence-corrected chi connectivity index (χ3v) is 16.9. The van der Waals surface area contributed by atoms with Crippen LogP contribution in [0.3, 0.4) is 0 Å². The molecular formula is C42H72O13. The molecule has 13 nitrogen and oxygen atoms in total. The summed E-state index contributed by atoms with van der Waals surface area (Å²) >= 11 is 0. The van der Waals surface area contributed by atoms with Gasteiger partial charge in [0.2, 0.25) is 0 Å². The molecule has 4 aliphatic carbocycles. The largest absolute Gasteiger partial charge is 0.394 e. The maximum atomic E-state index is 12.4. The van der Waals surface area contributed by atoms with Gasteiger partial charge in [-0.05, 0) is 118 Å². The topological polar surface area (TPSA) is 219 Å². The summed E-state index contributed by atoms with van der Waals surface area (Å²) < 4.78 is 25.1. The first-order chi connectivity index (χ1) is 25.6. The second-order valence-electron chi connectivity index (χ2n) is 19.9. The summed E-state index contributed by atoms with van der Waals surface area (Å²) in [5.74, 6) is 0.522. The molecule has 4 saturated carbocycles. The van der Waals surface area contributed by atoms with E-state index in [1.807, 2.05) is 19.9 Å². The van der Waals surface area contributed by atoms with Crippen molar-refractivity contribution in [1.82, 2.24) is 0 Å². The second kappa shape index (κ2) is 15.7.